The van der Waals surface area contributed by atoms with Crippen LogP contribution in [0.3, 0.4) is 0 Å². The van der Waals surface area contributed by atoms with Crippen LogP contribution in [0.2, 0.25) is 0 Å². The standard InChI is InChI=1S/C13H26N2O/c1-13(2)4-8-15(9-5-13)7-3-12-11-16-10-6-14-12/h12,14H,3-11H2,1-2H3. The quantitative estimate of drug-likeness (QED) is 0.789. The normalized spacial score (nSPS) is 31.5. The van der Waals surface area contributed by atoms with Crippen LogP contribution >= 0.6 is 0 Å². The monoisotopic (exact) mass is 226 g/mol. The molecule has 2 heterocycles. The average Bonchev–Trinajstić information content (AvgIpc) is 2.29. The van der Waals surface area contributed by atoms with Gasteiger partial charge in [0.25, 0.3) is 0 Å². The predicted octanol–water partition coefficient (Wildman–Crippen LogP) is 1.49. The third-order valence-electron chi connectivity index (χ3n) is 4.00. The van der Waals surface area contributed by atoms with Gasteiger partial charge in [0.15, 0.2) is 0 Å². The van der Waals surface area contributed by atoms with Crippen LogP contribution in [0.5, 0.6) is 0 Å². The lowest BCUT2D eigenvalue weighted by atomic mass is 9.82. The molecule has 16 heavy (non-hydrogen) atoms. The Bertz CT molecular complexity index is 202. The Hall–Kier alpha value is -0.120. The molecule has 0 aliphatic carbocycles. The van der Waals surface area contributed by atoms with Crippen molar-refractivity contribution in [1.29, 1.82) is 0 Å². The minimum absolute atomic E-state index is 0.572. The van der Waals surface area contributed by atoms with Crippen LogP contribution in [-0.2, 0) is 4.74 Å². The van der Waals surface area contributed by atoms with Crippen molar-refractivity contribution in [2.75, 3.05) is 39.4 Å². The van der Waals surface area contributed by atoms with Gasteiger partial charge < -0.3 is 15.0 Å². The predicted molar refractivity (Wildman–Crippen MR) is 66.7 cm³/mol. The van der Waals surface area contributed by atoms with Crippen LogP contribution in [-0.4, -0.2) is 50.3 Å². The number of nitrogens with zero attached hydrogens (tertiary/aromatic N) is 1. The van der Waals surface area contributed by atoms with E-state index in [0.29, 0.717) is 11.5 Å². The highest BCUT2D eigenvalue weighted by Crippen LogP contribution is 2.29. The molecule has 2 rings (SSSR count). The van der Waals surface area contributed by atoms with Gasteiger partial charge in [0, 0.05) is 12.6 Å². The van der Waals surface area contributed by atoms with Gasteiger partial charge >= 0.3 is 0 Å². The summed E-state index contributed by atoms with van der Waals surface area (Å²) in [5.41, 5.74) is 0.572. The Morgan fingerprint density at radius 3 is 2.69 bits per heavy atom. The minimum atomic E-state index is 0.572. The van der Waals surface area contributed by atoms with Gasteiger partial charge in [0.1, 0.15) is 0 Å². The summed E-state index contributed by atoms with van der Waals surface area (Å²) in [6, 6.07) is 0.587. The van der Waals surface area contributed by atoms with Crippen molar-refractivity contribution < 1.29 is 4.74 Å². The molecule has 0 aromatic rings. The van der Waals surface area contributed by atoms with Crippen molar-refractivity contribution in [2.45, 2.75) is 39.2 Å². The molecule has 0 amide bonds. The molecule has 2 aliphatic rings. The fourth-order valence-electron chi connectivity index (χ4n) is 2.53. The summed E-state index contributed by atoms with van der Waals surface area (Å²) < 4.78 is 5.47. The number of piperidine rings is 1. The summed E-state index contributed by atoms with van der Waals surface area (Å²) in [6.45, 7) is 11.4. The lowest BCUT2D eigenvalue weighted by molar-refractivity contribution is 0.0646. The Morgan fingerprint density at radius 2 is 2.06 bits per heavy atom. The molecule has 0 saturated carbocycles. The van der Waals surface area contributed by atoms with E-state index in [-0.39, 0.29) is 0 Å². The van der Waals surface area contributed by atoms with Crippen molar-refractivity contribution in [3.63, 3.8) is 0 Å². The number of rotatable bonds is 3. The van der Waals surface area contributed by atoms with Gasteiger partial charge in [-0.25, -0.2) is 0 Å². The summed E-state index contributed by atoms with van der Waals surface area (Å²) >= 11 is 0. The molecule has 0 bridgehead atoms. The average molecular weight is 226 g/mol. The second-order valence-electron chi connectivity index (χ2n) is 6.02. The largest absolute Gasteiger partial charge is 0.379 e. The van der Waals surface area contributed by atoms with Gasteiger partial charge in [-0.1, -0.05) is 13.8 Å². The summed E-state index contributed by atoms with van der Waals surface area (Å²) in [5.74, 6) is 0. The van der Waals surface area contributed by atoms with Gasteiger partial charge in [-0.15, -0.1) is 0 Å². The molecule has 1 N–H and O–H groups in total. The molecule has 0 radical (unpaired) electrons. The fraction of sp³-hybridized carbons (Fsp3) is 1.00. The van der Waals surface area contributed by atoms with Gasteiger partial charge in [0.2, 0.25) is 0 Å². The summed E-state index contributed by atoms with van der Waals surface area (Å²) in [5, 5.41) is 3.52. The maximum atomic E-state index is 5.47. The van der Waals surface area contributed by atoms with Gasteiger partial charge in [-0.05, 0) is 44.3 Å². The van der Waals surface area contributed by atoms with Crippen molar-refractivity contribution in [3.8, 4) is 0 Å². The Morgan fingerprint density at radius 1 is 1.31 bits per heavy atom. The molecular formula is C13H26N2O. The molecule has 94 valence electrons. The van der Waals surface area contributed by atoms with E-state index in [1.54, 1.807) is 0 Å². The Balaban J connectivity index is 1.63. The zero-order valence-corrected chi connectivity index (χ0v) is 10.8. The van der Waals surface area contributed by atoms with Crippen molar-refractivity contribution in [1.82, 2.24) is 10.2 Å². The second kappa shape index (κ2) is 5.48. The van der Waals surface area contributed by atoms with E-state index in [9.17, 15) is 0 Å². The summed E-state index contributed by atoms with van der Waals surface area (Å²) in [4.78, 5) is 2.61. The molecule has 2 fully saturated rings. The zero-order chi connectivity index (χ0) is 11.4. The van der Waals surface area contributed by atoms with Gasteiger partial charge in [-0.2, -0.15) is 0 Å². The molecule has 2 saturated heterocycles. The fourth-order valence-corrected chi connectivity index (χ4v) is 2.53. The number of hydrogen-bond donors (Lipinski definition) is 1. The number of morpholine rings is 1. The van der Waals surface area contributed by atoms with E-state index in [0.717, 1.165) is 19.8 Å². The van der Waals surface area contributed by atoms with E-state index >= 15 is 0 Å². The van der Waals surface area contributed by atoms with E-state index in [1.165, 1.54) is 38.9 Å². The summed E-state index contributed by atoms with van der Waals surface area (Å²) in [6.07, 6.45) is 3.93. The molecule has 3 nitrogen and oxygen atoms in total. The minimum Gasteiger partial charge on any atom is -0.379 e. The van der Waals surface area contributed by atoms with Crippen LogP contribution in [0.1, 0.15) is 33.1 Å². The third kappa shape index (κ3) is 3.72. The van der Waals surface area contributed by atoms with E-state index in [1.807, 2.05) is 0 Å². The van der Waals surface area contributed by atoms with Crippen molar-refractivity contribution >= 4 is 0 Å². The Labute approximate surface area is 99.5 Å². The number of ether oxygens (including phenoxy) is 1. The van der Waals surface area contributed by atoms with Crippen molar-refractivity contribution in [3.05, 3.63) is 0 Å². The topological polar surface area (TPSA) is 24.5 Å². The highest BCUT2D eigenvalue weighted by Gasteiger charge is 2.25. The first kappa shape index (κ1) is 12.3. The lowest BCUT2D eigenvalue weighted by Gasteiger charge is -2.37. The summed E-state index contributed by atoms with van der Waals surface area (Å²) in [7, 11) is 0. The number of nitrogens with one attached hydrogen (secondary N) is 1. The molecular weight excluding hydrogens is 200 g/mol. The van der Waals surface area contributed by atoms with E-state index in [2.05, 4.69) is 24.1 Å². The van der Waals surface area contributed by atoms with Crippen LogP contribution < -0.4 is 5.32 Å². The van der Waals surface area contributed by atoms with Crippen LogP contribution in [0.15, 0.2) is 0 Å². The van der Waals surface area contributed by atoms with E-state index < -0.39 is 0 Å². The molecule has 0 aromatic heterocycles. The van der Waals surface area contributed by atoms with E-state index in [4.69, 9.17) is 4.74 Å². The van der Waals surface area contributed by atoms with Gasteiger partial charge in [-0.3, -0.25) is 0 Å². The molecule has 0 spiro atoms. The SMILES string of the molecule is CC1(C)CCN(CCC2COCCN2)CC1. The molecule has 3 heteroatoms. The third-order valence-corrected chi connectivity index (χ3v) is 4.00. The Kier molecular flexibility index (Phi) is 4.22. The highest BCUT2D eigenvalue weighted by atomic mass is 16.5. The molecule has 1 atom stereocenters. The zero-order valence-electron chi connectivity index (χ0n) is 10.8. The van der Waals surface area contributed by atoms with Gasteiger partial charge in [0.05, 0.1) is 13.2 Å². The van der Waals surface area contributed by atoms with Crippen LogP contribution in [0, 0.1) is 5.41 Å². The highest BCUT2D eigenvalue weighted by molar-refractivity contribution is 4.80. The maximum absolute atomic E-state index is 5.47. The maximum Gasteiger partial charge on any atom is 0.0620 e. The smallest absolute Gasteiger partial charge is 0.0620 e. The molecule has 1 unspecified atom stereocenters. The van der Waals surface area contributed by atoms with Crippen LogP contribution in [0.25, 0.3) is 0 Å². The van der Waals surface area contributed by atoms with Crippen LogP contribution in [0.4, 0.5) is 0 Å². The second-order valence-corrected chi connectivity index (χ2v) is 6.02. The first-order valence-electron chi connectivity index (χ1n) is 6.69. The number of likely N-dealkylation sites (tertiary alicyclic amines) is 1. The first-order valence-corrected chi connectivity index (χ1v) is 6.69. The number of hydrogen-bond acceptors (Lipinski definition) is 3. The molecule has 2 aliphatic heterocycles. The first-order chi connectivity index (χ1) is 7.66. The van der Waals surface area contributed by atoms with Crippen molar-refractivity contribution in [2.24, 2.45) is 5.41 Å². The lowest BCUT2D eigenvalue weighted by Crippen LogP contribution is -2.44. The molecule has 0 aromatic carbocycles.